The molecule has 0 aliphatic carbocycles. The zero-order chi connectivity index (χ0) is 20.5. The van der Waals surface area contributed by atoms with Crippen molar-refractivity contribution in [1.82, 2.24) is 5.32 Å². The van der Waals surface area contributed by atoms with E-state index in [4.69, 9.17) is 0 Å². The molecule has 1 atom stereocenters. The number of amides is 1. The van der Waals surface area contributed by atoms with Crippen molar-refractivity contribution in [2.45, 2.75) is 90.0 Å². The Hall–Kier alpha value is -2.10. The molecular formula is C24H37NO3. The molecule has 0 radical (unpaired) electrons. The molecule has 0 unspecified atom stereocenters. The van der Waals surface area contributed by atoms with Crippen LogP contribution >= 0.6 is 0 Å². The number of carboxylic acid groups (broad SMARTS) is 1. The van der Waals surface area contributed by atoms with Gasteiger partial charge in [0, 0.05) is 12.8 Å². The van der Waals surface area contributed by atoms with E-state index in [1.54, 1.807) is 0 Å². The monoisotopic (exact) mass is 387 g/mol. The Morgan fingerprint density at radius 2 is 1.54 bits per heavy atom. The second-order valence-corrected chi connectivity index (χ2v) is 7.42. The lowest BCUT2D eigenvalue weighted by molar-refractivity contribution is -0.141. The van der Waals surface area contributed by atoms with Crippen LogP contribution in [0.2, 0.25) is 0 Å². The van der Waals surface area contributed by atoms with Gasteiger partial charge in [-0.3, -0.25) is 4.79 Å². The molecule has 1 aromatic rings. The van der Waals surface area contributed by atoms with E-state index in [0.29, 0.717) is 12.8 Å². The third-order valence-corrected chi connectivity index (χ3v) is 4.83. The maximum atomic E-state index is 12.0. The number of allylic oxidation sites excluding steroid dienone is 2. The van der Waals surface area contributed by atoms with Crippen molar-refractivity contribution in [1.29, 1.82) is 0 Å². The maximum absolute atomic E-state index is 12.0. The molecule has 4 heteroatoms. The number of rotatable bonds is 16. The molecule has 28 heavy (non-hydrogen) atoms. The van der Waals surface area contributed by atoms with E-state index in [2.05, 4.69) is 24.4 Å². The summed E-state index contributed by atoms with van der Waals surface area (Å²) in [6.07, 6.45) is 16.9. The summed E-state index contributed by atoms with van der Waals surface area (Å²) in [5.41, 5.74) is 0.912. The van der Waals surface area contributed by atoms with Gasteiger partial charge in [-0.2, -0.15) is 0 Å². The standard InChI is InChI=1S/C24H37NO3/c1-2-3-4-5-6-7-8-9-10-11-12-16-19-23(26)25-22(24(27)28)20-21-17-14-13-15-18-21/h6-7,13-15,17-18,22H,2-5,8-12,16,19-20H2,1H3,(H,25,26)(H,27,28)/b7-6-/t22-/m0/s1. The van der Waals surface area contributed by atoms with Gasteiger partial charge in [0.05, 0.1) is 0 Å². The molecule has 1 amide bonds. The third-order valence-electron chi connectivity index (χ3n) is 4.83. The quantitative estimate of drug-likeness (QED) is 0.284. The average Bonchev–Trinajstić information content (AvgIpc) is 2.69. The molecule has 0 saturated carbocycles. The molecule has 4 nitrogen and oxygen atoms in total. The molecule has 0 aromatic heterocycles. The highest BCUT2D eigenvalue weighted by molar-refractivity contribution is 5.83. The summed E-state index contributed by atoms with van der Waals surface area (Å²) in [7, 11) is 0. The molecule has 1 aromatic carbocycles. The molecule has 0 saturated heterocycles. The lowest BCUT2D eigenvalue weighted by Gasteiger charge is -2.14. The number of benzene rings is 1. The molecule has 0 bridgehead atoms. The first-order chi connectivity index (χ1) is 13.6. The van der Waals surface area contributed by atoms with Gasteiger partial charge in [-0.25, -0.2) is 4.79 Å². The minimum Gasteiger partial charge on any atom is -0.480 e. The minimum atomic E-state index is -0.986. The van der Waals surface area contributed by atoms with Crippen molar-refractivity contribution in [3.05, 3.63) is 48.0 Å². The van der Waals surface area contributed by atoms with E-state index in [1.165, 1.54) is 38.5 Å². The maximum Gasteiger partial charge on any atom is 0.326 e. The summed E-state index contributed by atoms with van der Waals surface area (Å²) in [4.78, 5) is 23.4. The Bertz CT molecular complexity index is 568. The number of carboxylic acids is 1. The van der Waals surface area contributed by atoms with Crippen LogP contribution in [0.1, 0.15) is 83.1 Å². The second kappa shape index (κ2) is 15.9. The molecule has 0 heterocycles. The van der Waals surface area contributed by atoms with E-state index < -0.39 is 12.0 Å². The van der Waals surface area contributed by atoms with Crippen molar-refractivity contribution >= 4 is 11.9 Å². The van der Waals surface area contributed by atoms with Crippen LogP contribution < -0.4 is 5.32 Å². The smallest absolute Gasteiger partial charge is 0.326 e. The average molecular weight is 388 g/mol. The molecule has 0 aliphatic rings. The van der Waals surface area contributed by atoms with Gasteiger partial charge in [0.1, 0.15) is 6.04 Å². The number of aliphatic carboxylic acids is 1. The lowest BCUT2D eigenvalue weighted by atomic mass is 10.1. The highest BCUT2D eigenvalue weighted by atomic mass is 16.4. The van der Waals surface area contributed by atoms with Gasteiger partial charge in [-0.05, 0) is 37.7 Å². The first-order valence-corrected chi connectivity index (χ1v) is 10.8. The van der Waals surface area contributed by atoms with Crippen LogP contribution in [-0.4, -0.2) is 23.0 Å². The fourth-order valence-electron chi connectivity index (χ4n) is 3.14. The highest BCUT2D eigenvalue weighted by Crippen LogP contribution is 2.09. The van der Waals surface area contributed by atoms with Crippen molar-refractivity contribution < 1.29 is 14.7 Å². The van der Waals surface area contributed by atoms with Crippen LogP contribution in [0.5, 0.6) is 0 Å². The van der Waals surface area contributed by atoms with Gasteiger partial charge in [-0.15, -0.1) is 0 Å². The van der Waals surface area contributed by atoms with Gasteiger partial charge >= 0.3 is 5.97 Å². The molecule has 156 valence electrons. The van der Waals surface area contributed by atoms with Crippen LogP contribution in [0, 0.1) is 0 Å². The van der Waals surface area contributed by atoms with Gasteiger partial charge in [0.2, 0.25) is 5.91 Å². The number of hydrogen-bond acceptors (Lipinski definition) is 2. The summed E-state index contributed by atoms with van der Waals surface area (Å²) in [6, 6.07) is 8.53. The first-order valence-electron chi connectivity index (χ1n) is 10.8. The first kappa shape index (κ1) is 23.9. The third kappa shape index (κ3) is 12.3. The van der Waals surface area contributed by atoms with Crippen molar-refractivity contribution in [3.63, 3.8) is 0 Å². The Morgan fingerprint density at radius 3 is 2.18 bits per heavy atom. The summed E-state index contributed by atoms with van der Waals surface area (Å²) in [5, 5.41) is 12.0. The van der Waals surface area contributed by atoms with Crippen molar-refractivity contribution in [2.24, 2.45) is 0 Å². The number of nitrogens with one attached hydrogen (secondary N) is 1. The molecule has 1 rings (SSSR count). The van der Waals surface area contributed by atoms with Crippen LogP contribution in [0.4, 0.5) is 0 Å². The van der Waals surface area contributed by atoms with Crippen LogP contribution in [0.15, 0.2) is 42.5 Å². The lowest BCUT2D eigenvalue weighted by Crippen LogP contribution is -2.42. The van der Waals surface area contributed by atoms with E-state index in [-0.39, 0.29) is 5.91 Å². The van der Waals surface area contributed by atoms with Gasteiger partial charge in [0.15, 0.2) is 0 Å². The Balaban J connectivity index is 2.08. The Kier molecular flexibility index (Phi) is 13.6. The second-order valence-electron chi connectivity index (χ2n) is 7.42. The Morgan fingerprint density at radius 1 is 0.929 bits per heavy atom. The number of carbonyl (C=O) groups is 2. The molecular weight excluding hydrogens is 350 g/mol. The predicted octanol–water partition coefficient (Wildman–Crippen LogP) is 5.67. The topological polar surface area (TPSA) is 66.4 Å². The zero-order valence-corrected chi connectivity index (χ0v) is 17.4. The fourth-order valence-corrected chi connectivity index (χ4v) is 3.14. The fraction of sp³-hybridized carbons (Fsp3) is 0.583. The minimum absolute atomic E-state index is 0.168. The van der Waals surface area contributed by atoms with Crippen molar-refractivity contribution in [2.75, 3.05) is 0 Å². The Labute approximate surface area is 170 Å². The number of hydrogen-bond donors (Lipinski definition) is 2. The molecule has 2 N–H and O–H groups in total. The predicted molar refractivity (Wildman–Crippen MR) is 115 cm³/mol. The number of unbranched alkanes of at least 4 members (excludes halogenated alkanes) is 8. The summed E-state index contributed by atoms with van der Waals surface area (Å²) >= 11 is 0. The van der Waals surface area contributed by atoms with Gasteiger partial charge in [-0.1, -0.05) is 81.5 Å². The van der Waals surface area contributed by atoms with E-state index in [0.717, 1.165) is 31.2 Å². The van der Waals surface area contributed by atoms with Crippen LogP contribution in [0.3, 0.4) is 0 Å². The SMILES string of the molecule is CCCCC/C=C\CCCCCCCC(=O)N[C@@H](Cc1ccccc1)C(=O)O. The summed E-state index contributed by atoms with van der Waals surface area (Å²) in [6.45, 7) is 2.22. The van der Waals surface area contributed by atoms with Gasteiger partial charge < -0.3 is 10.4 Å². The molecule has 0 spiro atoms. The van der Waals surface area contributed by atoms with E-state index in [1.807, 2.05) is 30.3 Å². The molecule has 0 fully saturated rings. The highest BCUT2D eigenvalue weighted by Gasteiger charge is 2.19. The van der Waals surface area contributed by atoms with Crippen LogP contribution in [0.25, 0.3) is 0 Å². The summed E-state index contributed by atoms with van der Waals surface area (Å²) in [5.74, 6) is -1.15. The van der Waals surface area contributed by atoms with Crippen molar-refractivity contribution in [3.8, 4) is 0 Å². The normalized spacial score (nSPS) is 12.2. The molecule has 0 aliphatic heterocycles. The van der Waals surface area contributed by atoms with Crippen LogP contribution in [-0.2, 0) is 16.0 Å². The zero-order valence-electron chi connectivity index (χ0n) is 17.4. The van der Waals surface area contributed by atoms with E-state index >= 15 is 0 Å². The number of carbonyl (C=O) groups excluding carboxylic acids is 1. The van der Waals surface area contributed by atoms with Gasteiger partial charge in [0.25, 0.3) is 0 Å². The summed E-state index contributed by atoms with van der Waals surface area (Å²) < 4.78 is 0. The van der Waals surface area contributed by atoms with E-state index in [9.17, 15) is 14.7 Å². The largest absolute Gasteiger partial charge is 0.480 e.